The van der Waals surface area contributed by atoms with Gasteiger partial charge in [0.15, 0.2) is 5.78 Å². The maximum atomic E-state index is 10.6. The summed E-state index contributed by atoms with van der Waals surface area (Å²) in [7, 11) is 0. The predicted octanol–water partition coefficient (Wildman–Crippen LogP) is -1.19. The fourth-order valence-corrected chi connectivity index (χ4v) is 0.464. The average molecular weight is 179 g/mol. The SMILES string of the molecule is CCOC(=O)C(O)C(=O)CN.[NH4+]. The maximum Gasteiger partial charge on any atom is 0.342 e. The third kappa shape index (κ3) is 4.02. The summed E-state index contributed by atoms with van der Waals surface area (Å²) in [6, 6.07) is 0. The number of hydrogen-bond donors (Lipinski definition) is 3. The molecule has 1 atom stereocenters. The molecule has 7 N–H and O–H groups in total. The van der Waals surface area contributed by atoms with E-state index in [0.29, 0.717) is 0 Å². The fourth-order valence-electron chi connectivity index (χ4n) is 0.464. The molecule has 0 spiro atoms. The quantitative estimate of drug-likeness (QED) is 0.369. The number of ether oxygens (including phenoxy) is 1. The summed E-state index contributed by atoms with van der Waals surface area (Å²) in [5.41, 5.74) is 4.89. The van der Waals surface area contributed by atoms with E-state index < -0.39 is 17.9 Å². The zero-order valence-electron chi connectivity index (χ0n) is 7.24. The van der Waals surface area contributed by atoms with Crippen LogP contribution < -0.4 is 11.9 Å². The second kappa shape index (κ2) is 6.71. The zero-order chi connectivity index (χ0) is 8.85. The van der Waals surface area contributed by atoms with Crippen LogP contribution in [0.25, 0.3) is 0 Å². The van der Waals surface area contributed by atoms with Gasteiger partial charge < -0.3 is 21.7 Å². The molecule has 6 heteroatoms. The third-order valence-electron chi connectivity index (χ3n) is 1.02. The minimum absolute atomic E-state index is 0. The van der Waals surface area contributed by atoms with Crippen LogP contribution in [0.3, 0.4) is 0 Å². The lowest BCUT2D eigenvalue weighted by atomic mass is 10.2. The molecule has 0 amide bonds. The van der Waals surface area contributed by atoms with Crippen molar-refractivity contribution in [3.63, 3.8) is 0 Å². The van der Waals surface area contributed by atoms with Gasteiger partial charge in [-0.3, -0.25) is 4.79 Å². The predicted molar refractivity (Wildman–Crippen MR) is 42.7 cm³/mol. The highest BCUT2D eigenvalue weighted by Crippen LogP contribution is 1.89. The standard InChI is InChI=1S/C6H11NO4.H3N/c1-2-11-6(10)5(9)4(8)3-7;/h5,9H,2-3,7H2,1H3;1H3/p+1. The van der Waals surface area contributed by atoms with Gasteiger partial charge in [0.25, 0.3) is 0 Å². The summed E-state index contributed by atoms with van der Waals surface area (Å²) in [5, 5.41) is 8.81. The molecular formula is C6H15N2O4+. The van der Waals surface area contributed by atoms with Gasteiger partial charge in [-0.15, -0.1) is 0 Å². The number of ketones is 1. The van der Waals surface area contributed by atoms with E-state index in [1.165, 1.54) is 0 Å². The smallest absolute Gasteiger partial charge is 0.342 e. The lowest BCUT2D eigenvalue weighted by Crippen LogP contribution is -2.35. The summed E-state index contributed by atoms with van der Waals surface area (Å²) >= 11 is 0. The number of aliphatic hydroxyl groups excluding tert-OH is 1. The Kier molecular flexibility index (Phi) is 7.61. The molecule has 1 unspecified atom stereocenters. The first kappa shape index (κ1) is 13.6. The summed E-state index contributed by atoms with van der Waals surface area (Å²) < 4.78 is 4.36. The van der Waals surface area contributed by atoms with Crippen LogP contribution >= 0.6 is 0 Å². The van der Waals surface area contributed by atoms with Crippen LogP contribution in [0.2, 0.25) is 0 Å². The van der Waals surface area contributed by atoms with Crippen molar-refractivity contribution in [2.45, 2.75) is 13.0 Å². The number of nitrogens with two attached hydrogens (primary N) is 1. The van der Waals surface area contributed by atoms with Gasteiger partial charge in [0.1, 0.15) is 0 Å². The summed E-state index contributed by atoms with van der Waals surface area (Å²) in [4.78, 5) is 21.1. The largest absolute Gasteiger partial charge is 0.464 e. The molecule has 0 aromatic carbocycles. The molecule has 0 aromatic rings. The number of aliphatic hydroxyl groups is 1. The van der Waals surface area contributed by atoms with Crippen LogP contribution in [-0.2, 0) is 14.3 Å². The Labute approximate surface area is 70.3 Å². The molecule has 0 bridgehead atoms. The van der Waals surface area contributed by atoms with E-state index in [2.05, 4.69) is 4.74 Å². The summed E-state index contributed by atoms with van der Waals surface area (Å²) in [6.07, 6.45) is -1.72. The van der Waals surface area contributed by atoms with Crippen LogP contribution in [-0.4, -0.2) is 36.1 Å². The van der Waals surface area contributed by atoms with Crippen molar-refractivity contribution in [2.75, 3.05) is 13.2 Å². The van der Waals surface area contributed by atoms with E-state index in [0.717, 1.165) is 0 Å². The average Bonchev–Trinajstić information content (AvgIpc) is 2.02. The molecule has 0 saturated carbocycles. The summed E-state index contributed by atoms with van der Waals surface area (Å²) in [5.74, 6) is -1.67. The molecule has 0 fully saturated rings. The lowest BCUT2D eigenvalue weighted by Gasteiger charge is -2.05. The normalized spacial score (nSPS) is 11.2. The molecule has 0 radical (unpaired) electrons. The molecule has 0 aliphatic carbocycles. The highest BCUT2D eigenvalue weighted by atomic mass is 16.5. The number of rotatable bonds is 4. The van der Waals surface area contributed by atoms with E-state index in [1.807, 2.05) is 0 Å². The summed E-state index contributed by atoms with van der Waals surface area (Å²) in [6.45, 7) is 1.35. The van der Waals surface area contributed by atoms with E-state index in [-0.39, 0.29) is 19.3 Å². The Bertz CT molecular complexity index is 160. The molecular weight excluding hydrogens is 164 g/mol. The van der Waals surface area contributed by atoms with Crippen LogP contribution in [0.15, 0.2) is 0 Å². The molecule has 0 aliphatic rings. The van der Waals surface area contributed by atoms with E-state index in [9.17, 15) is 9.59 Å². The number of carbonyl (C=O) groups is 2. The first-order chi connectivity index (χ1) is 5.13. The van der Waals surface area contributed by atoms with Crippen LogP contribution in [0, 0.1) is 0 Å². The van der Waals surface area contributed by atoms with E-state index in [4.69, 9.17) is 10.8 Å². The molecule has 0 aromatic heterocycles. The van der Waals surface area contributed by atoms with Crippen molar-refractivity contribution in [2.24, 2.45) is 5.73 Å². The van der Waals surface area contributed by atoms with E-state index >= 15 is 0 Å². The Hall–Kier alpha value is -0.980. The van der Waals surface area contributed by atoms with Crippen molar-refractivity contribution < 1.29 is 19.4 Å². The number of hydrogen-bond acceptors (Lipinski definition) is 5. The Morgan fingerprint density at radius 3 is 2.42 bits per heavy atom. The van der Waals surface area contributed by atoms with Crippen molar-refractivity contribution in [3.05, 3.63) is 0 Å². The van der Waals surface area contributed by atoms with Crippen molar-refractivity contribution >= 4 is 11.8 Å². The molecule has 0 rings (SSSR count). The van der Waals surface area contributed by atoms with Gasteiger partial charge in [-0.1, -0.05) is 0 Å². The molecule has 0 aliphatic heterocycles. The van der Waals surface area contributed by atoms with Gasteiger partial charge in [0.05, 0.1) is 13.2 Å². The van der Waals surface area contributed by atoms with Gasteiger partial charge in [-0.2, -0.15) is 0 Å². The minimum atomic E-state index is -1.72. The maximum absolute atomic E-state index is 10.6. The molecule has 0 saturated heterocycles. The number of quaternary nitrogens is 1. The fraction of sp³-hybridized carbons (Fsp3) is 0.667. The van der Waals surface area contributed by atoms with Crippen molar-refractivity contribution in [1.82, 2.24) is 6.15 Å². The third-order valence-corrected chi connectivity index (χ3v) is 1.02. The Morgan fingerprint density at radius 1 is 1.58 bits per heavy atom. The Balaban J connectivity index is 0. The molecule has 12 heavy (non-hydrogen) atoms. The highest BCUT2D eigenvalue weighted by Gasteiger charge is 2.22. The van der Waals surface area contributed by atoms with E-state index in [1.54, 1.807) is 6.92 Å². The van der Waals surface area contributed by atoms with Gasteiger partial charge in [-0.25, -0.2) is 4.79 Å². The van der Waals surface area contributed by atoms with Crippen molar-refractivity contribution in [1.29, 1.82) is 0 Å². The number of Topliss-reactive ketones (excluding diaryl/α,β-unsaturated/α-hetero) is 1. The molecule has 6 nitrogen and oxygen atoms in total. The van der Waals surface area contributed by atoms with Crippen LogP contribution in [0.4, 0.5) is 0 Å². The van der Waals surface area contributed by atoms with Gasteiger partial charge in [0, 0.05) is 0 Å². The minimum Gasteiger partial charge on any atom is -0.464 e. The molecule has 0 heterocycles. The first-order valence-electron chi connectivity index (χ1n) is 3.21. The number of carbonyl (C=O) groups excluding carboxylic acids is 2. The zero-order valence-corrected chi connectivity index (χ0v) is 7.24. The van der Waals surface area contributed by atoms with Gasteiger partial charge in [0.2, 0.25) is 6.10 Å². The first-order valence-corrected chi connectivity index (χ1v) is 3.21. The van der Waals surface area contributed by atoms with Crippen LogP contribution in [0.5, 0.6) is 0 Å². The van der Waals surface area contributed by atoms with Crippen molar-refractivity contribution in [3.8, 4) is 0 Å². The molecule has 72 valence electrons. The second-order valence-corrected chi connectivity index (χ2v) is 1.83. The lowest BCUT2D eigenvalue weighted by molar-refractivity contribution is -0.156. The highest BCUT2D eigenvalue weighted by molar-refractivity contribution is 6.02. The topological polar surface area (TPSA) is 126 Å². The van der Waals surface area contributed by atoms with Gasteiger partial charge in [-0.05, 0) is 6.92 Å². The monoisotopic (exact) mass is 179 g/mol. The Morgan fingerprint density at radius 2 is 2.08 bits per heavy atom. The number of esters is 1. The van der Waals surface area contributed by atoms with Gasteiger partial charge >= 0.3 is 5.97 Å². The van der Waals surface area contributed by atoms with Crippen LogP contribution in [0.1, 0.15) is 6.92 Å². The second-order valence-electron chi connectivity index (χ2n) is 1.83.